The summed E-state index contributed by atoms with van der Waals surface area (Å²) in [5.74, 6) is 0.484. The lowest BCUT2D eigenvalue weighted by Gasteiger charge is -2.12. The zero-order valence-electron chi connectivity index (χ0n) is 13.4. The zero-order chi connectivity index (χ0) is 16.5. The summed E-state index contributed by atoms with van der Waals surface area (Å²) in [5, 5.41) is 15.2. The van der Waals surface area contributed by atoms with Gasteiger partial charge in [0.2, 0.25) is 0 Å². The van der Waals surface area contributed by atoms with Gasteiger partial charge in [0.1, 0.15) is 5.82 Å². The summed E-state index contributed by atoms with van der Waals surface area (Å²) in [5.41, 5.74) is 2.79. The van der Waals surface area contributed by atoms with Crippen molar-refractivity contribution in [2.45, 2.75) is 13.0 Å². The fourth-order valence-corrected chi connectivity index (χ4v) is 2.08. The normalized spacial score (nSPS) is 10.5. The summed E-state index contributed by atoms with van der Waals surface area (Å²) >= 11 is 0. The quantitative estimate of drug-likeness (QED) is 0.428. The van der Waals surface area contributed by atoms with E-state index in [9.17, 15) is 4.39 Å². The van der Waals surface area contributed by atoms with E-state index in [0.29, 0.717) is 24.6 Å². The molecule has 126 valence electrons. The number of rotatable bonds is 5. The Morgan fingerprint density at radius 3 is 2.25 bits per heavy atom. The van der Waals surface area contributed by atoms with E-state index < -0.39 is 0 Å². The Bertz CT molecular complexity index is 690. The maximum atomic E-state index is 12.8. The van der Waals surface area contributed by atoms with E-state index in [1.54, 1.807) is 31.3 Å². The first-order valence-corrected chi connectivity index (χ1v) is 7.39. The van der Waals surface area contributed by atoms with Crippen molar-refractivity contribution < 1.29 is 4.39 Å². The van der Waals surface area contributed by atoms with Crippen molar-refractivity contribution in [1.82, 2.24) is 10.6 Å². The van der Waals surface area contributed by atoms with Crippen LogP contribution in [0, 0.1) is 17.1 Å². The molecule has 0 fully saturated rings. The van der Waals surface area contributed by atoms with Crippen molar-refractivity contribution >= 4 is 29.9 Å². The van der Waals surface area contributed by atoms with Gasteiger partial charge in [0.05, 0.1) is 11.6 Å². The summed E-state index contributed by atoms with van der Waals surface area (Å²) < 4.78 is 12.8. The SMILES string of the molecule is CN=C(NCCc1ccc(F)cc1)NCc1ccc(C#N)cc1.I. The highest BCUT2D eigenvalue weighted by atomic mass is 127. The van der Waals surface area contributed by atoms with Crippen LogP contribution in [0.5, 0.6) is 0 Å². The summed E-state index contributed by atoms with van der Waals surface area (Å²) in [7, 11) is 1.71. The number of benzene rings is 2. The molecule has 0 saturated carbocycles. The summed E-state index contributed by atoms with van der Waals surface area (Å²) in [6.45, 7) is 1.33. The third-order valence-corrected chi connectivity index (χ3v) is 3.39. The van der Waals surface area contributed by atoms with Crippen LogP contribution in [0.2, 0.25) is 0 Å². The van der Waals surface area contributed by atoms with E-state index in [4.69, 9.17) is 5.26 Å². The molecule has 0 amide bonds. The molecule has 0 spiro atoms. The lowest BCUT2D eigenvalue weighted by atomic mass is 10.1. The molecular formula is C18H20FIN4. The van der Waals surface area contributed by atoms with Gasteiger partial charge in [0.15, 0.2) is 5.96 Å². The zero-order valence-corrected chi connectivity index (χ0v) is 15.8. The average molecular weight is 438 g/mol. The van der Waals surface area contributed by atoms with Gasteiger partial charge >= 0.3 is 0 Å². The minimum Gasteiger partial charge on any atom is -0.356 e. The molecule has 2 aromatic carbocycles. The van der Waals surface area contributed by atoms with Gasteiger partial charge in [-0.25, -0.2) is 4.39 Å². The molecule has 0 bridgehead atoms. The standard InChI is InChI=1S/C18H19FN4.HI/c1-21-18(22-11-10-14-6-8-17(19)9-7-14)23-13-16-4-2-15(12-20)3-5-16;/h2-9H,10-11,13H2,1H3,(H2,21,22,23);1H. The highest BCUT2D eigenvalue weighted by Crippen LogP contribution is 2.03. The number of guanidine groups is 1. The fourth-order valence-electron chi connectivity index (χ4n) is 2.08. The second-order valence-electron chi connectivity index (χ2n) is 5.04. The molecule has 2 N–H and O–H groups in total. The third-order valence-electron chi connectivity index (χ3n) is 3.39. The molecular weight excluding hydrogens is 418 g/mol. The maximum absolute atomic E-state index is 12.8. The monoisotopic (exact) mass is 438 g/mol. The first-order valence-electron chi connectivity index (χ1n) is 7.39. The van der Waals surface area contributed by atoms with Gasteiger partial charge < -0.3 is 10.6 Å². The number of hydrogen-bond donors (Lipinski definition) is 2. The highest BCUT2D eigenvalue weighted by molar-refractivity contribution is 14.0. The lowest BCUT2D eigenvalue weighted by molar-refractivity contribution is 0.626. The minimum absolute atomic E-state index is 0. The lowest BCUT2D eigenvalue weighted by Crippen LogP contribution is -2.37. The van der Waals surface area contributed by atoms with Crippen LogP contribution in [-0.4, -0.2) is 19.6 Å². The van der Waals surface area contributed by atoms with E-state index in [1.165, 1.54) is 12.1 Å². The molecule has 0 unspecified atom stereocenters. The Labute approximate surface area is 158 Å². The first kappa shape index (κ1) is 19.9. The van der Waals surface area contributed by atoms with E-state index in [-0.39, 0.29) is 29.8 Å². The highest BCUT2D eigenvalue weighted by Gasteiger charge is 2.00. The van der Waals surface area contributed by atoms with Crippen LogP contribution in [0.25, 0.3) is 0 Å². The molecule has 4 nitrogen and oxygen atoms in total. The fraction of sp³-hybridized carbons (Fsp3) is 0.222. The molecule has 0 aliphatic heterocycles. The number of nitriles is 1. The number of aliphatic imine (C=N–C) groups is 1. The van der Waals surface area contributed by atoms with Gasteiger partial charge in [0, 0.05) is 20.1 Å². The molecule has 0 aromatic heterocycles. The Morgan fingerprint density at radius 2 is 1.67 bits per heavy atom. The van der Waals surface area contributed by atoms with Gasteiger partial charge in [0.25, 0.3) is 0 Å². The van der Waals surface area contributed by atoms with Gasteiger partial charge in [-0.1, -0.05) is 24.3 Å². The van der Waals surface area contributed by atoms with Gasteiger partial charge in [-0.2, -0.15) is 5.26 Å². The molecule has 0 aliphatic carbocycles. The summed E-state index contributed by atoms with van der Waals surface area (Å²) in [6, 6.07) is 16.0. The molecule has 0 heterocycles. The van der Waals surface area contributed by atoms with E-state index >= 15 is 0 Å². The molecule has 0 atom stereocenters. The molecule has 0 radical (unpaired) electrons. The van der Waals surface area contributed by atoms with Crippen molar-refractivity contribution in [3.8, 4) is 6.07 Å². The van der Waals surface area contributed by atoms with Crippen LogP contribution in [-0.2, 0) is 13.0 Å². The second kappa shape index (κ2) is 10.6. The van der Waals surface area contributed by atoms with E-state index in [1.807, 2.05) is 12.1 Å². The molecule has 2 rings (SSSR count). The predicted molar refractivity (Wildman–Crippen MR) is 105 cm³/mol. The number of nitrogens with zero attached hydrogens (tertiary/aromatic N) is 2. The first-order chi connectivity index (χ1) is 11.2. The third kappa shape index (κ3) is 6.54. The van der Waals surface area contributed by atoms with Crippen LogP contribution in [0.4, 0.5) is 4.39 Å². The molecule has 2 aromatic rings. The topological polar surface area (TPSA) is 60.2 Å². The predicted octanol–water partition coefficient (Wildman–Crippen LogP) is 3.22. The van der Waals surface area contributed by atoms with E-state index in [2.05, 4.69) is 21.7 Å². The Hall–Kier alpha value is -2.14. The Morgan fingerprint density at radius 1 is 1.04 bits per heavy atom. The van der Waals surface area contributed by atoms with Gasteiger partial charge in [-0.15, -0.1) is 24.0 Å². The van der Waals surface area contributed by atoms with E-state index in [0.717, 1.165) is 17.5 Å². The minimum atomic E-state index is -0.221. The molecule has 6 heteroatoms. The second-order valence-corrected chi connectivity index (χ2v) is 5.04. The van der Waals surface area contributed by atoms with Crippen LogP contribution in [0.15, 0.2) is 53.5 Å². The molecule has 0 saturated heterocycles. The van der Waals surface area contributed by atoms with Crippen LogP contribution < -0.4 is 10.6 Å². The number of hydrogen-bond acceptors (Lipinski definition) is 2. The van der Waals surface area contributed by atoms with Crippen LogP contribution in [0.3, 0.4) is 0 Å². The Kier molecular flexibility index (Phi) is 8.79. The Balaban J connectivity index is 0.00000288. The van der Waals surface area contributed by atoms with Gasteiger partial charge in [-0.05, 0) is 41.8 Å². The number of nitrogens with one attached hydrogen (secondary N) is 2. The summed E-state index contributed by atoms with van der Waals surface area (Å²) in [6.07, 6.45) is 0.790. The summed E-state index contributed by atoms with van der Waals surface area (Å²) in [4.78, 5) is 4.16. The molecule has 24 heavy (non-hydrogen) atoms. The van der Waals surface area contributed by atoms with Crippen LogP contribution >= 0.6 is 24.0 Å². The average Bonchev–Trinajstić information content (AvgIpc) is 2.60. The van der Waals surface area contributed by atoms with Crippen molar-refractivity contribution in [3.05, 3.63) is 71.0 Å². The van der Waals surface area contributed by atoms with Crippen molar-refractivity contribution in [2.75, 3.05) is 13.6 Å². The number of halogens is 2. The van der Waals surface area contributed by atoms with Crippen molar-refractivity contribution in [3.63, 3.8) is 0 Å². The van der Waals surface area contributed by atoms with Crippen LogP contribution in [0.1, 0.15) is 16.7 Å². The molecule has 0 aliphatic rings. The van der Waals surface area contributed by atoms with Gasteiger partial charge in [-0.3, -0.25) is 4.99 Å². The largest absolute Gasteiger partial charge is 0.356 e. The van der Waals surface area contributed by atoms with Crippen molar-refractivity contribution in [2.24, 2.45) is 4.99 Å². The maximum Gasteiger partial charge on any atom is 0.191 e. The smallest absolute Gasteiger partial charge is 0.191 e. The van der Waals surface area contributed by atoms with Crippen molar-refractivity contribution in [1.29, 1.82) is 5.26 Å².